The summed E-state index contributed by atoms with van der Waals surface area (Å²) in [5.41, 5.74) is -0.592. The molecule has 2 N–H and O–H groups in total. The number of hydrogen-bond donors (Lipinski definition) is 2. The van der Waals surface area contributed by atoms with Gasteiger partial charge < -0.3 is 19.3 Å². The first-order valence-electron chi connectivity index (χ1n) is 6.59. The largest absolute Gasteiger partial charge is 0.493 e. The van der Waals surface area contributed by atoms with E-state index in [1.54, 1.807) is 6.07 Å². The Hall–Kier alpha value is -1.98. The Labute approximate surface area is 156 Å². The summed E-state index contributed by atoms with van der Waals surface area (Å²) < 4.78 is 43.5. The Morgan fingerprint density at radius 2 is 1.80 bits per heavy atom. The Kier molecular flexibility index (Phi) is 5.80. The predicted molar refractivity (Wildman–Crippen MR) is 95.9 cm³/mol. The van der Waals surface area contributed by atoms with Crippen LogP contribution in [-0.4, -0.2) is 40.8 Å². The van der Waals surface area contributed by atoms with Gasteiger partial charge in [0.05, 0.1) is 30.7 Å². The van der Waals surface area contributed by atoms with Crippen molar-refractivity contribution >= 4 is 48.9 Å². The van der Waals surface area contributed by atoms with E-state index in [0.29, 0.717) is 3.79 Å². The first kappa shape index (κ1) is 19.3. The highest BCUT2D eigenvalue weighted by Crippen LogP contribution is 2.46. The van der Waals surface area contributed by atoms with Crippen molar-refractivity contribution in [1.82, 2.24) is 0 Å². The van der Waals surface area contributed by atoms with Gasteiger partial charge in [-0.2, -0.15) is 0 Å². The van der Waals surface area contributed by atoms with Crippen LogP contribution < -0.4 is 18.9 Å². The zero-order valence-corrected chi connectivity index (χ0v) is 16.5. The lowest BCUT2D eigenvalue weighted by Gasteiger charge is -2.18. The van der Waals surface area contributed by atoms with Gasteiger partial charge in [-0.05, 0) is 28.1 Å². The van der Waals surface area contributed by atoms with Gasteiger partial charge in [0, 0.05) is 6.07 Å². The second-order valence-electron chi connectivity index (χ2n) is 4.54. The van der Waals surface area contributed by atoms with Crippen LogP contribution >= 0.6 is 27.3 Å². The summed E-state index contributed by atoms with van der Waals surface area (Å²) in [6, 6.07) is 4.12. The second-order valence-corrected chi connectivity index (χ2v) is 8.91. The van der Waals surface area contributed by atoms with Crippen LogP contribution in [0.4, 0.5) is 5.69 Å². The van der Waals surface area contributed by atoms with Gasteiger partial charge in [0.1, 0.15) is 9.90 Å². The topological polar surface area (TPSA) is 111 Å². The van der Waals surface area contributed by atoms with Crippen molar-refractivity contribution in [3.8, 4) is 17.2 Å². The highest BCUT2D eigenvalue weighted by molar-refractivity contribution is 9.11. The molecule has 0 radical (unpaired) electrons. The lowest BCUT2D eigenvalue weighted by atomic mass is 10.1. The SMILES string of the molecule is COc1cc(C(=O)O)c(NS(=O)(=O)c2ccc(Br)s2)c(OC)c1OC. The van der Waals surface area contributed by atoms with Crippen molar-refractivity contribution < 1.29 is 32.5 Å². The first-order chi connectivity index (χ1) is 11.7. The second kappa shape index (κ2) is 7.50. The zero-order chi connectivity index (χ0) is 18.8. The first-order valence-corrected chi connectivity index (χ1v) is 9.68. The van der Waals surface area contributed by atoms with Crippen LogP contribution in [0, 0.1) is 0 Å². The van der Waals surface area contributed by atoms with Crippen molar-refractivity contribution in [2.45, 2.75) is 4.21 Å². The molecule has 0 saturated heterocycles. The van der Waals surface area contributed by atoms with Crippen LogP contribution in [0.1, 0.15) is 10.4 Å². The fourth-order valence-electron chi connectivity index (χ4n) is 2.05. The summed E-state index contributed by atoms with van der Waals surface area (Å²) in [6.07, 6.45) is 0. The molecule has 2 rings (SSSR count). The molecule has 8 nitrogen and oxygen atoms in total. The lowest BCUT2D eigenvalue weighted by molar-refractivity contribution is 0.0697. The van der Waals surface area contributed by atoms with Crippen molar-refractivity contribution in [3.63, 3.8) is 0 Å². The molecule has 0 aliphatic carbocycles. The summed E-state index contributed by atoms with van der Waals surface area (Å²) in [4.78, 5) is 11.6. The molecule has 25 heavy (non-hydrogen) atoms. The van der Waals surface area contributed by atoms with Crippen LogP contribution in [0.25, 0.3) is 0 Å². The highest BCUT2D eigenvalue weighted by Gasteiger charge is 2.28. The van der Waals surface area contributed by atoms with E-state index in [-0.39, 0.29) is 32.7 Å². The minimum Gasteiger partial charge on any atom is -0.493 e. The van der Waals surface area contributed by atoms with E-state index in [0.717, 1.165) is 17.4 Å². The fraction of sp³-hybridized carbons (Fsp3) is 0.214. The Morgan fingerprint density at radius 3 is 2.24 bits per heavy atom. The molecule has 0 amide bonds. The summed E-state index contributed by atoms with van der Waals surface area (Å²) in [7, 11) is -0.102. The molecule has 136 valence electrons. The quantitative estimate of drug-likeness (QED) is 0.664. The van der Waals surface area contributed by atoms with Gasteiger partial charge in [-0.15, -0.1) is 11.3 Å². The van der Waals surface area contributed by atoms with Gasteiger partial charge in [-0.25, -0.2) is 13.2 Å². The minimum atomic E-state index is -4.03. The molecule has 11 heteroatoms. The van der Waals surface area contributed by atoms with Crippen LogP contribution in [0.3, 0.4) is 0 Å². The molecule has 0 fully saturated rings. The number of halogens is 1. The van der Waals surface area contributed by atoms with Crippen molar-refractivity contribution in [3.05, 3.63) is 27.5 Å². The van der Waals surface area contributed by atoms with Crippen molar-refractivity contribution in [2.75, 3.05) is 26.1 Å². The third kappa shape index (κ3) is 3.83. The number of benzene rings is 1. The zero-order valence-electron chi connectivity index (χ0n) is 13.3. The predicted octanol–water partition coefficient (Wildman–Crippen LogP) is 3.04. The van der Waals surface area contributed by atoms with Crippen molar-refractivity contribution in [2.24, 2.45) is 0 Å². The maximum absolute atomic E-state index is 12.6. The average molecular weight is 452 g/mol. The molecule has 0 aliphatic rings. The minimum absolute atomic E-state index is 0.00699. The summed E-state index contributed by atoms with van der Waals surface area (Å²) in [6.45, 7) is 0. The van der Waals surface area contributed by atoms with E-state index in [1.165, 1.54) is 27.4 Å². The molecule has 0 atom stereocenters. The van der Waals surface area contributed by atoms with E-state index in [1.807, 2.05) is 0 Å². The molecule has 0 bridgehead atoms. The summed E-state index contributed by atoms with van der Waals surface area (Å²) >= 11 is 4.17. The van der Waals surface area contributed by atoms with Gasteiger partial charge in [-0.3, -0.25) is 4.72 Å². The fourth-order valence-corrected chi connectivity index (χ4v) is 5.15. The Balaban J connectivity index is 2.68. The van der Waals surface area contributed by atoms with Gasteiger partial charge in [0.25, 0.3) is 10.0 Å². The number of sulfonamides is 1. The van der Waals surface area contributed by atoms with Gasteiger partial charge in [-0.1, -0.05) is 0 Å². The highest BCUT2D eigenvalue weighted by atomic mass is 79.9. The molecule has 0 saturated carbocycles. The smallest absolute Gasteiger partial charge is 0.338 e. The maximum Gasteiger partial charge on any atom is 0.338 e. The molecular weight excluding hydrogens is 438 g/mol. The average Bonchev–Trinajstić information content (AvgIpc) is 3.00. The number of methoxy groups -OCH3 is 3. The monoisotopic (exact) mass is 451 g/mol. The lowest BCUT2D eigenvalue weighted by Crippen LogP contribution is -2.16. The number of rotatable bonds is 7. The molecule has 0 spiro atoms. The van der Waals surface area contributed by atoms with Gasteiger partial charge in [0.15, 0.2) is 11.5 Å². The Bertz CT molecular complexity index is 908. The molecule has 2 aromatic rings. The van der Waals surface area contributed by atoms with E-state index in [9.17, 15) is 18.3 Å². The maximum atomic E-state index is 12.6. The number of anilines is 1. The number of ether oxygens (including phenoxy) is 3. The van der Waals surface area contributed by atoms with E-state index < -0.39 is 16.0 Å². The molecular formula is C14H14BrNO7S2. The number of carboxylic acid groups (broad SMARTS) is 1. The number of hydrogen-bond acceptors (Lipinski definition) is 7. The summed E-state index contributed by atoms with van der Waals surface area (Å²) in [5.74, 6) is -1.29. The third-order valence-corrected chi connectivity index (χ3v) is 6.58. The van der Waals surface area contributed by atoms with Crippen LogP contribution in [0.2, 0.25) is 0 Å². The number of nitrogens with one attached hydrogen (secondary N) is 1. The molecule has 0 aliphatic heterocycles. The number of carbonyl (C=O) groups is 1. The van der Waals surface area contributed by atoms with Crippen LogP contribution in [0.15, 0.2) is 26.2 Å². The normalized spacial score (nSPS) is 11.0. The van der Waals surface area contributed by atoms with Crippen molar-refractivity contribution in [1.29, 1.82) is 0 Å². The number of thiophene rings is 1. The molecule has 1 aromatic heterocycles. The van der Waals surface area contributed by atoms with Gasteiger partial charge >= 0.3 is 5.97 Å². The van der Waals surface area contributed by atoms with Crippen LogP contribution in [-0.2, 0) is 10.0 Å². The molecule has 1 aromatic carbocycles. The molecule has 0 unspecified atom stereocenters. The number of aromatic carboxylic acids is 1. The van der Waals surface area contributed by atoms with E-state index in [4.69, 9.17) is 14.2 Å². The number of carboxylic acids is 1. The van der Waals surface area contributed by atoms with Crippen LogP contribution in [0.5, 0.6) is 17.2 Å². The van der Waals surface area contributed by atoms with E-state index >= 15 is 0 Å². The Morgan fingerprint density at radius 1 is 1.16 bits per heavy atom. The standard InChI is InChI=1S/C14H14BrNO7S2/c1-21-8-6-7(14(17)18)11(13(23-3)12(8)22-2)16-25(19,20)10-5-4-9(15)24-10/h4-6,16H,1-3H3,(H,17,18). The third-order valence-electron chi connectivity index (χ3n) is 3.11. The van der Waals surface area contributed by atoms with Gasteiger partial charge in [0.2, 0.25) is 5.75 Å². The summed E-state index contributed by atoms with van der Waals surface area (Å²) in [5, 5.41) is 9.45. The molecule has 1 heterocycles. The van der Waals surface area contributed by atoms with E-state index in [2.05, 4.69) is 20.7 Å².